The highest BCUT2D eigenvalue weighted by molar-refractivity contribution is 5.97. The monoisotopic (exact) mass is 319 g/mol. The molecule has 0 radical (unpaired) electrons. The van der Waals surface area contributed by atoms with Gasteiger partial charge in [-0.15, -0.1) is 0 Å². The molecule has 3 rings (SSSR count). The van der Waals surface area contributed by atoms with Crippen molar-refractivity contribution in [2.24, 2.45) is 0 Å². The van der Waals surface area contributed by atoms with Crippen molar-refractivity contribution < 1.29 is 13.9 Å². The van der Waals surface area contributed by atoms with Gasteiger partial charge in [-0.25, -0.2) is 4.39 Å². The zero-order valence-corrected chi connectivity index (χ0v) is 12.9. The molecule has 0 unspecified atom stereocenters. The van der Waals surface area contributed by atoms with Gasteiger partial charge < -0.3 is 19.9 Å². The number of carbonyl (C=O) groups is 1. The Morgan fingerprint density at radius 2 is 2.22 bits per heavy atom. The molecule has 0 bridgehead atoms. The fraction of sp³-hybridized carbons (Fsp3) is 0.375. The van der Waals surface area contributed by atoms with E-state index in [2.05, 4.69) is 10.3 Å². The Morgan fingerprint density at radius 3 is 2.96 bits per heavy atom. The summed E-state index contributed by atoms with van der Waals surface area (Å²) in [4.78, 5) is 29.6. The molecule has 0 spiro atoms. The smallest absolute Gasteiger partial charge is 0.257 e. The van der Waals surface area contributed by atoms with Crippen LogP contribution in [0.15, 0.2) is 29.2 Å². The van der Waals surface area contributed by atoms with Crippen molar-refractivity contribution in [2.75, 3.05) is 27.2 Å². The van der Waals surface area contributed by atoms with E-state index in [0.29, 0.717) is 13.1 Å². The first-order valence-corrected chi connectivity index (χ1v) is 7.33. The zero-order chi connectivity index (χ0) is 16.6. The average Bonchev–Trinajstić information content (AvgIpc) is 2.88. The summed E-state index contributed by atoms with van der Waals surface area (Å²) in [5, 5.41) is 2.98. The summed E-state index contributed by atoms with van der Waals surface area (Å²) in [6.45, 7) is 1.35. The lowest BCUT2D eigenvalue weighted by Crippen LogP contribution is -2.44. The van der Waals surface area contributed by atoms with Crippen molar-refractivity contribution in [3.63, 3.8) is 0 Å². The molecule has 1 aromatic heterocycles. The summed E-state index contributed by atoms with van der Waals surface area (Å²) in [6.07, 6.45) is 1.13. The number of halogens is 1. The fourth-order valence-electron chi connectivity index (χ4n) is 2.97. The number of carbonyl (C=O) groups excluding carboxylic acids is 1. The number of para-hydroxylation sites is 1. The van der Waals surface area contributed by atoms with Gasteiger partial charge in [0.1, 0.15) is 11.4 Å². The molecule has 1 amide bonds. The summed E-state index contributed by atoms with van der Waals surface area (Å²) in [5.74, 6) is -1.01. The number of ether oxygens (including phenoxy) is 1. The van der Waals surface area contributed by atoms with Crippen molar-refractivity contribution in [1.82, 2.24) is 15.2 Å². The minimum atomic E-state index is -0.525. The van der Waals surface area contributed by atoms with E-state index >= 15 is 0 Å². The number of benzene rings is 1. The fourth-order valence-corrected chi connectivity index (χ4v) is 2.97. The second-order valence-corrected chi connectivity index (χ2v) is 5.77. The van der Waals surface area contributed by atoms with Crippen LogP contribution in [0.5, 0.6) is 0 Å². The average molecular weight is 319 g/mol. The van der Waals surface area contributed by atoms with Crippen molar-refractivity contribution in [2.45, 2.75) is 12.1 Å². The molecule has 1 fully saturated rings. The molecule has 6 nitrogen and oxygen atoms in total. The largest absolute Gasteiger partial charge is 0.378 e. The first kappa shape index (κ1) is 15.6. The Labute approximate surface area is 132 Å². The molecule has 2 aromatic rings. The van der Waals surface area contributed by atoms with Gasteiger partial charge in [0.25, 0.3) is 5.91 Å². The lowest BCUT2D eigenvalue weighted by Gasteiger charge is -2.18. The summed E-state index contributed by atoms with van der Waals surface area (Å²) in [5.41, 5.74) is -0.423. The number of nitrogens with one attached hydrogen (secondary N) is 2. The van der Waals surface area contributed by atoms with Gasteiger partial charge >= 0.3 is 0 Å². The number of fused-ring (bicyclic) bond motifs is 1. The topological polar surface area (TPSA) is 74.4 Å². The van der Waals surface area contributed by atoms with Crippen LogP contribution in [0, 0.1) is 5.82 Å². The Kier molecular flexibility index (Phi) is 4.14. The highest BCUT2D eigenvalue weighted by Crippen LogP contribution is 2.14. The lowest BCUT2D eigenvalue weighted by molar-refractivity contribution is 0.0765. The number of aromatic amines is 1. The van der Waals surface area contributed by atoms with Gasteiger partial charge in [0.15, 0.2) is 0 Å². The SMILES string of the molecule is CO[C@H]1CN(C)C[C@@H]1NC(=O)c1c[nH]c2c(F)cccc2c1=O. The van der Waals surface area contributed by atoms with Gasteiger partial charge in [-0.1, -0.05) is 6.07 Å². The Hall–Kier alpha value is -2.25. The molecule has 1 aliphatic heterocycles. The van der Waals surface area contributed by atoms with Crippen LogP contribution in [0.4, 0.5) is 4.39 Å². The molecule has 2 heterocycles. The predicted octanol–water partition coefficient (Wildman–Crippen LogP) is 0.726. The summed E-state index contributed by atoms with van der Waals surface area (Å²) < 4.78 is 19.0. The molecule has 1 aromatic carbocycles. The maximum atomic E-state index is 13.7. The number of hydrogen-bond acceptors (Lipinski definition) is 4. The molecular weight excluding hydrogens is 301 g/mol. The number of pyridine rings is 1. The standard InChI is InChI=1S/C16H18FN3O3/c1-20-7-12(13(8-20)23-2)19-16(22)10-6-18-14-9(15(10)21)4-3-5-11(14)17/h3-6,12-13H,7-8H2,1-2H3,(H,18,21)(H,19,22)/t12-,13-/m0/s1. The van der Waals surface area contributed by atoms with Gasteiger partial charge in [-0.2, -0.15) is 0 Å². The Balaban J connectivity index is 1.90. The maximum absolute atomic E-state index is 13.7. The van der Waals surface area contributed by atoms with E-state index in [0.717, 1.165) is 0 Å². The number of H-pyrrole nitrogens is 1. The van der Waals surface area contributed by atoms with Crippen LogP contribution in [0.2, 0.25) is 0 Å². The highest BCUT2D eigenvalue weighted by Gasteiger charge is 2.32. The van der Waals surface area contributed by atoms with E-state index in [1.54, 1.807) is 7.11 Å². The highest BCUT2D eigenvalue weighted by atomic mass is 19.1. The second-order valence-electron chi connectivity index (χ2n) is 5.77. The van der Waals surface area contributed by atoms with E-state index < -0.39 is 17.2 Å². The minimum Gasteiger partial charge on any atom is -0.378 e. The van der Waals surface area contributed by atoms with E-state index in [4.69, 9.17) is 4.74 Å². The number of rotatable bonds is 3. The van der Waals surface area contributed by atoms with E-state index in [-0.39, 0.29) is 28.6 Å². The molecule has 0 aliphatic carbocycles. The van der Waals surface area contributed by atoms with Crippen molar-refractivity contribution >= 4 is 16.8 Å². The number of likely N-dealkylation sites (N-methyl/N-ethyl adjacent to an activating group) is 1. The van der Waals surface area contributed by atoms with Gasteiger partial charge in [0.05, 0.1) is 17.7 Å². The van der Waals surface area contributed by atoms with Crippen molar-refractivity contribution in [1.29, 1.82) is 0 Å². The van der Waals surface area contributed by atoms with Crippen LogP contribution >= 0.6 is 0 Å². The number of amides is 1. The van der Waals surface area contributed by atoms with E-state index in [1.165, 1.54) is 24.4 Å². The molecule has 122 valence electrons. The molecule has 23 heavy (non-hydrogen) atoms. The maximum Gasteiger partial charge on any atom is 0.257 e. The molecule has 2 N–H and O–H groups in total. The van der Waals surface area contributed by atoms with Gasteiger partial charge in [0, 0.05) is 31.8 Å². The van der Waals surface area contributed by atoms with E-state index in [9.17, 15) is 14.0 Å². The molecule has 7 heteroatoms. The quantitative estimate of drug-likeness (QED) is 0.874. The van der Waals surface area contributed by atoms with Crippen LogP contribution in [-0.4, -0.2) is 55.2 Å². The number of nitrogens with zero attached hydrogens (tertiary/aromatic N) is 1. The minimum absolute atomic E-state index is 0.0347. The third-order valence-electron chi connectivity index (χ3n) is 4.18. The number of likely N-dealkylation sites (tertiary alicyclic amines) is 1. The summed E-state index contributed by atoms with van der Waals surface area (Å²) in [6, 6.07) is 4.01. The molecule has 1 aliphatic rings. The van der Waals surface area contributed by atoms with Crippen LogP contribution < -0.4 is 10.7 Å². The van der Waals surface area contributed by atoms with Crippen LogP contribution in [0.1, 0.15) is 10.4 Å². The summed E-state index contributed by atoms with van der Waals surface area (Å²) >= 11 is 0. The third-order valence-corrected chi connectivity index (χ3v) is 4.18. The van der Waals surface area contributed by atoms with Gasteiger partial charge in [-0.3, -0.25) is 9.59 Å². The Bertz CT molecular complexity index is 805. The van der Waals surface area contributed by atoms with Crippen molar-refractivity contribution in [3.8, 4) is 0 Å². The first-order valence-electron chi connectivity index (χ1n) is 7.33. The molecule has 0 saturated carbocycles. The first-order chi connectivity index (χ1) is 11.0. The third kappa shape index (κ3) is 2.85. The second kappa shape index (κ2) is 6.10. The lowest BCUT2D eigenvalue weighted by atomic mass is 10.1. The van der Waals surface area contributed by atoms with Crippen molar-refractivity contribution in [3.05, 3.63) is 46.0 Å². The van der Waals surface area contributed by atoms with Crippen LogP contribution in [0.3, 0.4) is 0 Å². The summed E-state index contributed by atoms with van der Waals surface area (Å²) in [7, 11) is 3.53. The number of methoxy groups -OCH3 is 1. The predicted molar refractivity (Wildman–Crippen MR) is 84.1 cm³/mol. The molecular formula is C16H18FN3O3. The Morgan fingerprint density at radius 1 is 1.43 bits per heavy atom. The normalized spacial score (nSPS) is 21.7. The number of hydrogen-bond donors (Lipinski definition) is 2. The molecule has 2 atom stereocenters. The van der Waals surface area contributed by atoms with Crippen LogP contribution in [0.25, 0.3) is 10.9 Å². The van der Waals surface area contributed by atoms with Gasteiger partial charge in [0.2, 0.25) is 5.43 Å². The van der Waals surface area contributed by atoms with Crippen LogP contribution in [-0.2, 0) is 4.74 Å². The number of aromatic nitrogens is 1. The zero-order valence-electron chi connectivity index (χ0n) is 12.9. The van der Waals surface area contributed by atoms with E-state index in [1.807, 2.05) is 11.9 Å². The van der Waals surface area contributed by atoms with Gasteiger partial charge in [-0.05, 0) is 19.2 Å². The molecule has 1 saturated heterocycles.